The molecule has 1 fully saturated rings. The third-order valence-corrected chi connectivity index (χ3v) is 5.29. The van der Waals surface area contributed by atoms with Crippen LogP contribution in [-0.4, -0.2) is 11.0 Å². The molecular formula is C15H20N2OS. The van der Waals surface area contributed by atoms with Crippen LogP contribution in [0.1, 0.15) is 36.6 Å². The van der Waals surface area contributed by atoms with Crippen LogP contribution in [0.2, 0.25) is 0 Å². The fourth-order valence-corrected chi connectivity index (χ4v) is 4.20. The largest absolute Gasteiger partial charge is 0.459 e. The van der Waals surface area contributed by atoms with Crippen LogP contribution < -0.4 is 11.3 Å². The second-order valence-electron chi connectivity index (χ2n) is 5.19. The van der Waals surface area contributed by atoms with Crippen molar-refractivity contribution in [3.05, 3.63) is 35.6 Å². The average molecular weight is 276 g/mol. The van der Waals surface area contributed by atoms with Crippen molar-refractivity contribution in [2.75, 3.05) is 5.75 Å². The first-order chi connectivity index (χ1) is 9.29. The monoisotopic (exact) mass is 276 g/mol. The Morgan fingerprint density at radius 3 is 3.00 bits per heavy atom. The number of furan rings is 1. The third-order valence-electron chi connectivity index (χ3n) is 3.83. The van der Waals surface area contributed by atoms with Gasteiger partial charge < -0.3 is 4.42 Å². The van der Waals surface area contributed by atoms with Gasteiger partial charge >= 0.3 is 0 Å². The molecular weight excluding hydrogens is 256 g/mol. The first kappa shape index (κ1) is 13.0. The van der Waals surface area contributed by atoms with Crippen LogP contribution in [0.25, 0.3) is 11.0 Å². The predicted molar refractivity (Wildman–Crippen MR) is 81.1 cm³/mol. The molecule has 3 N–H and O–H groups in total. The summed E-state index contributed by atoms with van der Waals surface area (Å²) in [7, 11) is 0. The van der Waals surface area contributed by atoms with Crippen molar-refractivity contribution in [3.8, 4) is 0 Å². The van der Waals surface area contributed by atoms with Crippen molar-refractivity contribution in [2.45, 2.75) is 37.5 Å². The van der Waals surface area contributed by atoms with Crippen LogP contribution in [0.4, 0.5) is 0 Å². The molecule has 3 rings (SSSR count). The molecule has 0 saturated carbocycles. The molecule has 0 radical (unpaired) electrons. The van der Waals surface area contributed by atoms with E-state index >= 15 is 0 Å². The van der Waals surface area contributed by atoms with E-state index in [4.69, 9.17) is 10.3 Å². The van der Waals surface area contributed by atoms with Crippen molar-refractivity contribution in [3.63, 3.8) is 0 Å². The first-order valence-electron chi connectivity index (χ1n) is 6.86. The molecule has 0 bridgehead atoms. The van der Waals surface area contributed by atoms with Gasteiger partial charge in [-0.3, -0.25) is 5.84 Å². The maximum absolute atomic E-state index is 6.05. The number of hydrogen-bond donors (Lipinski definition) is 2. The lowest BCUT2D eigenvalue weighted by Gasteiger charge is -2.27. The van der Waals surface area contributed by atoms with E-state index in [1.165, 1.54) is 30.6 Å². The maximum Gasteiger partial charge on any atom is 0.137 e. The fourth-order valence-electron chi connectivity index (χ4n) is 2.78. The molecule has 1 aromatic heterocycles. The van der Waals surface area contributed by atoms with E-state index in [2.05, 4.69) is 36.6 Å². The normalized spacial score (nSPS) is 21.7. The lowest BCUT2D eigenvalue weighted by Crippen LogP contribution is -2.36. The van der Waals surface area contributed by atoms with E-state index in [9.17, 15) is 0 Å². The molecule has 0 aliphatic carbocycles. The van der Waals surface area contributed by atoms with Crippen molar-refractivity contribution < 1.29 is 4.42 Å². The molecule has 0 amide bonds. The first-order valence-corrected chi connectivity index (χ1v) is 7.91. The Hall–Kier alpha value is -0.970. The molecule has 2 unspecified atom stereocenters. The van der Waals surface area contributed by atoms with Gasteiger partial charge in [0.25, 0.3) is 0 Å². The molecule has 3 nitrogen and oxygen atoms in total. The number of benzene rings is 1. The van der Waals surface area contributed by atoms with Crippen molar-refractivity contribution in [2.24, 2.45) is 5.84 Å². The fraction of sp³-hybridized carbons (Fsp3) is 0.467. The van der Waals surface area contributed by atoms with E-state index < -0.39 is 0 Å². The number of hydrogen-bond acceptors (Lipinski definition) is 4. The van der Waals surface area contributed by atoms with Crippen molar-refractivity contribution in [1.82, 2.24) is 5.43 Å². The van der Waals surface area contributed by atoms with Crippen LogP contribution in [0, 0.1) is 6.92 Å². The van der Waals surface area contributed by atoms with Gasteiger partial charge in [0, 0.05) is 10.6 Å². The van der Waals surface area contributed by atoms with Gasteiger partial charge in [0.05, 0.1) is 6.04 Å². The summed E-state index contributed by atoms with van der Waals surface area (Å²) >= 11 is 2.00. The molecule has 2 heterocycles. The minimum atomic E-state index is 0.108. The van der Waals surface area contributed by atoms with E-state index in [-0.39, 0.29) is 6.04 Å². The second kappa shape index (κ2) is 5.57. The summed E-state index contributed by atoms with van der Waals surface area (Å²) in [6.45, 7) is 2.08. The van der Waals surface area contributed by atoms with E-state index in [1.54, 1.807) is 0 Å². The summed E-state index contributed by atoms with van der Waals surface area (Å²) in [5, 5.41) is 1.68. The van der Waals surface area contributed by atoms with Crippen LogP contribution >= 0.6 is 11.8 Å². The van der Waals surface area contributed by atoms with Gasteiger partial charge in [-0.25, -0.2) is 5.43 Å². The second-order valence-corrected chi connectivity index (χ2v) is 6.54. The van der Waals surface area contributed by atoms with Crippen LogP contribution in [0.5, 0.6) is 0 Å². The number of thioether (sulfide) groups is 1. The minimum Gasteiger partial charge on any atom is -0.459 e. The number of fused-ring (bicyclic) bond motifs is 1. The van der Waals surface area contributed by atoms with E-state index in [0.717, 1.165) is 16.7 Å². The molecule has 19 heavy (non-hydrogen) atoms. The van der Waals surface area contributed by atoms with Gasteiger partial charge in [-0.05, 0) is 37.1 Å². The molecule has 4 heteroatoms. The summed E-state index contributed by atoms with van der Waals surface area (Å²) in [4.78, 5) is 0. The number of nitrogens with one attached hydrogen (secondary N) is 1. The van der Waals surface area contributed by atoms with E-state index in [0.29, 0.717) is 5.25 Å². The highest BCUT2D eigenvalue weighted by Crippen LogP contribution is 2.36. The number of rotatable bonds is 3. The van der Waals surface area contributed by atoms with Crippen LogP contribution in [0.3, 0.4) is 0 Å². The van der Waals surface area contributed by atoms with Crippen molar-refractivity contribution in [1.29, 1.82) is 0 Å². The highest BCUT2D eigenvalue weighted by molar-refractivity contribution is 8.00. The maximum atomic E-state index is 6.05. The molecule has 2 atom stereocenters. The smallest absolute Gasteiger partial charge is 0.137 e. The highest BCUT2D eigenvalue weighted by atomic mass is 32.2. The Kier molecular flexibility index (Phi) is 3.82. The summed E-state index contributed by atoms with van der Waals surface area (Å²) in [6.07, 6.45) is 3.81. The molecule has 0 spiro atoms. The molecule has 1 aliphatic rings. The minimum absolute atomic E-state index is 0.108. The van der Waals surface area contributed by atoms with Crippen LogP contribution in [0.15, 0.2) is 28.7 Å². The summed E-state index contributed by atoms with van der Waals surface area (Å²) in [5.41, 5.74) is 5.12. The zero-order chi connectivity index (χ0) is 13.2. The zero-order valence-electron chi connectivity index (χ0n) is 11.2. The Balaban J connectivity index is 1.94. The summed E-state index contributed by atoms with van der Waals surface area (Å²) in [6, 6.07) is 8.48. The van der Waals surface area contributed by atoms with Gasteiger partial charge in [0.2, 0.25) is 0 Å². The SMILES string of the molecule is Cc1cccc2cc(C(NN)C3CCCCS3)oc12. The summed E-state index contributed by atoms with van der Waals surface area (Å²) in [5.74, 6) is 7.96. The quantitative estimate of drug-likeness (QED) is 0.665. The Labute approximate surface area is 117 Å². The molecule has 102 valence electrons. The van der Waals surface area contributed by atoms with Crippen LogP contribution in [-0.2, 0) is 0 Å². The molecule has 1 aromatic carbocycles. The lowest BCUT2D eigenvalue weighted by atomic mass is 10.1. The topological polar surface area (TPSA) is 51.2 Å². The highest BCUT2D eigenvalue weighted by Gasteiger charge is 2.27. The standard InChI is InChI=1S/C15H20N2OS/c1-10-5-4-6-11-9-12(18-15(10)11)14(17-16)13-7-2-3-8-19-13/h4-6,9,13-14,17H,2-3,7-8,16H2,1H3. The Morgan fingerprint density at radius 1 is 1.42 bits per heavy atom. The zero-order valence-corrected chi connectivity index (χ0v) is 12.0. The van der Waals surface area contributed by atoms with Gasteiger partial charge in [0.15, 0.2) is 0 Å². The number of nitrogens with two attached hydrogens (primary N) is 1. The predicted octanol–water partition coefficient (Wildman–Crippen LogP) is 3.53. The molecule has 1 aliphatic heterocycles. The van der Waals surface area contributed by atoms with Crippen molar-refractivity contribution >= 4 is 22.7 Å². The summed E-state index contributed by atoms with van der Waals surface area (Å²) < 4.78 is 6.05. The lowest BCUT2D eigenvalue weighted by molar-refractivity contribution is 0.409. The number of aryl methyl sites for hydroxylation is 1. The molecule has 2 aromatic rings. The van der Waals surface area contributed by atoms with Gasteiger partial charge in [-0.15, -0.1) is 0 Å². The number of para-hydroxylation sites is 1. The number of hydrazine groups is 1. The van der Waals surface area contributed by atoms with Gasteiger partial charge in [-0.2, -0.15) is 11.8 Å². The average Bonchev–Trinajstić information content (AvgIpc) is 2.86. The Bertz CT molecular complexity index is 560. The van der Waals surface area contributed by atoms with Gasteiger partial charge in [-0.1, -0.05) is 24.6 Å². The van der Waals surface area contributed by atoms with E-state index in [1.807, 2.05) is 11.8 Å². The van der Waals surface area contributed by atoms with Gasteiger partial charge in [0.1, 0.15) is 11.3 Å². The third kappa shape index (κ3) is 2.53. The molecule has 1 saturated heterocycles. The Morgan fingerprint density at radius 2 is 2.32 bits per heavy atom.